The van der Waals surface area contributed by atoms with Gasteiger partial charge in [-0.2, -0.15) is 0 Å². The minimum atomic E-state index is 0.528. The van der Waals surface area contributed by atoms with Crippen LogP contribution in [-0.4, -0.2) is 5.90 Å². The van der Waals surface area contributed by atoms with E-state index in [1.165, 1.54) is 17.5 Å². The number of rotatable bonds is 5. The number of aryl methyl sites for hydroxylation is 2. The maximum Gasteiger partial charge on any atom is 0.225 e. The molecular formula is C25H23NO2. The minimum absolute atomic E-state index is 0.528. The molecule has 0 N–H and O–H groups in total. The van der Waals surface area contributed by atoms with Crippen molar-refractivity contribution in [2.45, 2.75) is 26.2 Å². The molecule has 0 fully saturated rings. The maximum absolute atomic E-state index is 6.20. The Labute approximate surface area is 166 Å². The lowest BCUT2D eigenvalue weighted by molar-refractivity contribution is 0.473. The van der Waals surface area contributed by atoms with Gasteiger partial charge in [0.05, 0.1) is 11.9 Å². The van der Waals surface area contributed by atoms with Crippen LogP contribution in [0.5, 0.6) is 11.5 Å². The second-order valence-electron chi connectivity index (χ2n) is 6.87. The van der Waals surface area contributed by atoms with E-state index in [-0.39, 0.29) is 0 Å². The predicted molar refractivity (Wildman–Crippen MR) is 113 cm³/mol. The number of benzene rings is 3. The first-order valence-corrected chi connectivity index (χ1v) is 9.60. The molecule has 3 aromatic carbocycles. The summed E-state index contributed by atoms with van der Waals surface area (Å²) < 4.78 is 12.0. The topological polar surface area (TPSA) is 30.8 Å². The molecule has 0 unspecified atom stereocenters. The van der Waals surface area contributed by atoms with E-state index < -0.39 is 0 Å². The highest BCUT2D eigenvalue weighted by Crippen LogP contribution is 2.27. The summed E-state index contributed by atoms with van der Waals surface area (Å²) in [5, 5.41) is 0. The molecule has 28 heavy (non-hydrogen) atoms. The number of hydrogen-bond acceptors (Lipinski definition) is 3. The van der Waals surface area contributed by atoms with Crippen molar-refractivity contribution in [1.29, 1.82) is 0 Å². The zero-order valence-corrected chi connectivity index (χ0v) is 16.0. The van der Waals surface area contributed by atoms with Gasteiger partial charge in [-0.05, 0) is 73.7 Å². The summed E-state index contributed by atoms with van der Waals surface area (Å²) in [6.07, 6.45) is 5.17. The van der Waals surface area contributed by atoms with Gasteiger partial charge in [-0.3, -0.25) is 0 Å². The molecule has 0 amide bonds. The van der Waals surface area contributed by atoms with Crippen LogP contribution in [0.2, 0.25) is 0 Å². The summed E-state index contributed by atoms with van der Waals surface area (Å²) in [4.78, 5) is 4.71. The summed E-state index contributed by atoms with van der Waals surface area (Å²) >= 11 is 0. The smallest absolute Gasteiger partial charge is 0.225 e. The third-order valence-electron chi connectivity index (χ3n) is 4.72. The standard InChI is InChI=1S/C25H23NO2/c1-19(18-27-23-13-6-3-7-14-23)25(26-22-11-4-2-5-12-22)28-24-16-15-20-9-8-10-21(20)17-24/h2-7,11-18H,8-10H2,1H3/b19-18+,26-25?. The van der Waals surface area contributed by atoms with Gasteiger partial charge in [0, 0.05) is 5.57 Å². The number of hydrogen-bond donors (Lipinski definition) is 0. The van der Waals surface area contributed by atoms with Crippen molar-refractivity contribution >= 4 is 11.6 Å². The van der Waals surface area contributed by atoms with Crippen LogP contribution in [0.3, 0.4) is 0 Å². The fourth-order valence-electron chi connectivity index (χ4n) is 3.24. The molecule has 4 rings (SSSR count). The van der Waals surface area contributed by atoms with E-state index in [4.69, 9.17) is 14.5 Å². The average molecular weight is 369 g/mol. The summed E-state index contributed by atoms with van der Waals surface area (Å²) in [6, 6.07) is 25.8. The molecule has 1 aliphatic rings. The summed E-state index contributed by atoms with van der Waals surface area (Å²) in [6.45, 7) is 1.94. The Balaban J connectivity index is 1.61. The lowest BCUT2D eigenvalue weighted by Crippen LogP contribution is -2.11. The number of para-hydroxylation sites is 2. The van der Waals surface area contributed by atoms with Crippen LogP contribution in [0, 0.1) is 0 Å². The Morgan fingerprint density at radius 2 is 1.54 bits per heavy atom. The fraction of sp³-hybridized carbons (Fsp3) is 0.160. The predicted octanol–water partition coefficient (Wildman–Crippen LogP) is 6.27. The van der Waals surface area contributed by atoms with Gasteiger partial charge >= 0.3 is 0 Å². The quantitative estimate of drug-likeness (QED) is 0.302. The van der Waals surface area contributed by atoms with Crippen molar-refractivity contribution in [3.8, 4) is 11.5 Å². The minimum Gasteiger partial charge on any atom is -0.465 e. The molecule has 3 aromatic rings. The van der Waals surface area contributed by atoms with E-state index in [0.29, 0.717) is 5.90 Å². The molecule has 0 aromatic heterocycles. The number of nitrogens with zero attached hydrogens (tertiary/aromatic N) is 1. The normalized spacial score (nSPS) is 13.9. The number of fused-ring (bicyclic) bond motifs is 1. The molecule has 1 aliphatic carbocycles. The third-order valence-corrected chi connectivity index (χ3v) is 4.72. The van der Waals surface area contributed by atoms with Gasteiger partial charge in [0.2, 0.25) is 5.90 Å². The molecule has 0 saturated heterocycles. The van der Waals surface area contributed by atoms with Crippen molar-refractivity contribution in [1.82, 2.24) is 0 Å². The van der Waals surface area contributed by atoms with Crippen LogP contribution < -0.4 is 9.47 Å². The van der Waals surface area contributed by atoms with Crippen LogP contribution >= 0.6 is 0 Å². The Bertz CT molecular complexity index is 992. The number of aliphatic imine (C=N–C) groups is 1. The van der Waals surface area contributed by atoms with E-state index >= 15 is 0 Å². The van der Waals surface area contributed by atoms with Crippen molar-refractivity contribution in [2.24, 2.45) is 4.99 Å². The molecule has 0 aliphatic heterocycles. The van der Waals surface area contributed by atoms with Crippen molar-refractivity contribution in [2.75, 3.05) is 0 Å². The van der Waals surface area contributed by atoms with Crippen LogP contribution in [0.25, 0.3) is 0 Å². The van der Waals surface area contributed by atoms with Crippen molar-refractivity contribution in [3.63, 3.8) is 0 Å². The molecule has 3 heteroatoms. The van der Waals surface area contributed by atoms with Gasteiger partial charge in [0.25, 0.3) is 0 Å². The fourth-order valence-corrected chi connectivity index (χ4v) is 3.24. The van der Waals surface area contributed by atoms with E-state index in [1.807, 2.05) is 73.7 Å². The summed E-state index contributed by atoms with van der Waals surface area (Å²) in [5.41, 5.74) is 4.45. The highest BCUT2D eigenvalue weighted by molar-refractivity contribution is 5.96. The lowest BCUT2D eigenvalue weighted by Gasteiger charge is -2.11. The molecule has 140 valence electrons. The van der Waals surface area contributed by atoms with E-state index in [1.54, 1.807) is 6.26 Å². The van der Waals surface area contributed by atoms with E-state index in [0.717, 1.165) is 35.6 Å². The summed E-state index contributed by atoms with van der Waals surface area (Å²) in [5.74, 6) is 2.11. The lowest BCUT2D eigenvalue weighted by atomic mass is 10.1. The van der Waals surface area contributed by atoms with Gasteiger partial charge in [0.1, 0.15) is 11.5 Å². The average Bonchev–Trinajstić information content (AvgIpc) is 3.21. The van der Waals surface area contributed by atoms with Gasteiger partial charge in [0.15, 0.2) is 0 Å². The van der Waals surface area contributed by atoms with E-state index in [2.05, 4.69) is 12.1 Å². The molecule has 0 atom stereocenters. The highest BCUT2D eigenvalue weighted by atomic mass is 16.5. The van der Waals surface area contributed by atoms with Crippen molar-refractivity contribution < 1.29 is 9.47 Å². The molecule has 3 nitrogen and oxygen atoms in total. The van der Waals surface area contributed by atoms with Crippen LogP contribution in [-0.2, 0) is 12.8 Å². The van der Waals surface area contributed by atoms with Crippen molar-refractivity contribution in [3.05, 3.63) is 102 Å². The number of ether oxygens (including phenoxy) is 2. The third kappa shape index (κ3) is 4.49. The highest BCUT2D eigenvalue weighted by Gasteiger charge is 2.13. The van der Waals surface area contributed by atoms with Crippen LogP contribution in [0.1, 0.15) is 24.5 Å². The SMILES string of the molecule is C/C(=C\Oc1ccccc1)C(=Nc1ccccc1)Oc1ccc2c(c1)CCC2. The van der Waals surface area contributed by atoms with Gasteiger partial charge in [-0.25, -0.2) is 4.99 Å². The zero-order chi connectivity index (χ0) is 19.2. The molecule has 0 spiro atoms. The first-order chi connectivity index (χ1) is 13.8. The van der Waals surface area contributed by atoms with Gasteiger partial charge in [-0.1, -0.05) is 42.5 Å². The second kappa shape index (κ2) is 8.57. The molecule has 0 saturated carbocycles. The van der Waals surface area contributed by atoms with Crippen LogP contribution in [0.4, 0.5) is 5.69 Å². The van der Waals surface area contributed by atoms with Crippen LogP contribution in [0.15, 0.2) is 95.7 Å². The molecular weight excluding hydrogens is 346 g/mol. The second-order valence-corrected chi connectivity index (χ2v) is 6.87. The summed E-state index contributed by atoms with van der Waals surface area (Å²) in [7, 11) is 0. The first kappa shape index (κ1) is 18.1. The maximum atomic E-state index is 6.20. The monoisotopic (exact) mass is 369 g/mol. The Morgan fingerprint density at radius 1 is 0.821 bits per heavy atom. The Hall–Kier alpha value is -3.33. The van der Waals surface area contributed by atoms with Gasteiger partial charge in [-0.15, -0.1) is 0 Å². The van der Waals surface area contributed by atoms with Gasteiger partial charge < -0.3 is 9.47 Å². The first-order valence-electron chi connectivity index (χ1n) is 9.60. The van der Waals surface area contributed by atoms with E-state index in [9.17, 15) is 0 Å². The Morgan fingerprint density at radius 3 is 2.32 bits per heavy atom. The largest absolute Gasteiger partial charge is 0.465 e. The zero-order valence-electron chi connectivity index (χ0n) is 16.0. The molecule has 0 bridgehead atoms. The molecule has 0 heterocycles. The Kier molecular flexibility index (Phi) is 5.53. The molecule has 0 radical (unpaired) electrons.